The molecular formula is C32H28FN5O. The summed E-state index contributed by atoms with van der Waals surface area (Å²) in [5.74, 6) is 1.72. The van der Waals surface area contributed by atoms with Crippen LogP contribution in [0.15, 0.2) is 71.0 Å². The molecule has 3 aliphatic carbocycles. The van der Waals surface area contributed by atoms with Crippen LogP contribution in [0.4, 0.5) is 4.39 Å². The van der Waals surface area contributed by atoms with Crippen molar-refractivity contribution >= 4 is 6.21 Å². The Morgan fingerprint density at radius 1 is 1.18 bits per heavy atom. The maximum Gasteiger partial charge on any atom is 0.160 e. The minimum atomic E-state index is -0.471. The minimum absolute atomic E-state index is 0.282. The first-order valence-electron chi connectivity index (χ1n) is 13.7. The fourth-order valence-corrected chi connectivity index (χ4v) is 7.60. The van der Waals surface area contributed by atoms with Gasteiger partial charge >= 0.3 is 0 Å². The van der Waals surface area contributed by atoms with Crippen LogP contribution in [-0.2, 0) is 23.7 Å². The van der Waals surface area contributed by atoms with E-state index in [2.05, 4.69) is 29.7 Å². The number of halogens is 1. The SMILES string of the molecule is C=CC[C@]12C=N[C@@]13CCc1c(-c4ccccc4F)nc(-c4ccnc(C5CC5)c4)nc1[C@]3(C)Cc1cnoc12. The Bertz CT molecular complexity index is 1710. The van der Waals surface area contributed by atoms with Crippen LogP contribution in [0.3, 0.4) is 0 Å². The van der Waals surface area contributed by atoms with Gasteiger partial charge in [0.2, 0.25) is 0 Å². The second-order valence-electron chi connectivity index (χ2n) is 11.7. The lowest BCUT2D eigenvalue weighted by Gasteiger charge is -2.64. The van der Waals surface area contributed by atoms with Crippen molar-refractivity contribution in [2.45, 2.75) is 67.7 Å². The van der Waals surface area contributed by atoms with Gasteiger partial charge in [-0.05, 0) is 62.8 Å². The second kappa shape index (κ2) is 7.78. The number of allylic oxidation sites excluding steroid dienone is 1. The third-order valence-corrected chi connectivity index (χ3v) is 9.65. The smallest absolute Gasteiger partial charge is 0.160 e. The molecule has 0 radical (unpaired) electrons. The van der Waals surface area contributed by atoms with Crippen molar-refractivity contribution in [1.29, 1.82) is 0 Å². The molecule has 0 bridgehead atoms. The van der Waals surface area contributed by atoms with Crippen LogP contribution in [0.2, 0.25) is 0 Å². The maximum absolute atomic E-state index is 15.3. The highest BCUT2D eigenvalue weighted by Crippen LogP contribution is 2.65. The van der Waals surface area contributed by atoms with Crippen LogP contribution < -0.4 is 0 Å². The number of fused-ring (bicyclic) bond motifs is 4. The zero-order valence-electron chi connectivity index (χ0n) is 21.8. The molecule has 7 heteroatoms. The van der Waals surface area contributed by atoms with Gasteiger partial charge in [-0.15, -0.1) is 6.58 Å². The van der Waals surface area contributed by atoms with Gasteiger partial charge in [-0.2, -0.15) is 0 Å². The Balaban J connectivity index is 1.40. The Kier molecular flexibility index (Phi) is 4.57. The first-order valence-corrected chi connectivity index (χ1v) is 13.7. The van der Waals surface area contributed by atoms with E-state index < -0.39 is 16.4 Å². The number of aromatic nitrogens is 4. The summed E-state index contributed by atoms with van der Waals surface area (Å²) in [6, 6.07) is 11.0. The number of hydrogen-bond acceptors (Lipinski definition) is 6. The van der Waals surface area contributed by atoms with Crippen molar-refractivity contribution in [2.24, 2.45) is 4.99 Å². The Labute approximate surface area is 226 Å². The van der Waals surface area contributed by atoms with Gasteiger partial charge < -0.3 is 4.52 Å². The lowest BCUT2D eigenvalue weighted by Crippen LogP contribution is -2.72. The third kappa shape index (κ3) is 2.88. The van der Waals surface area contributed by atoms with Gasteiger partial charge in [0.1, 0.15) is 5.82 Å². The van der Waals surface area contributed by atoms with E-state index in [-0.39, 0.29) is 5.82 Å². The van der Waals surface area contributed by atoms with Crippen LogP contribution in [0.1, 0.15) is 66.8 Å². The summed E-state index contributed by atoms with van der Waals surface area (Å²) < 4.78 is 21.2. The quantitative estimate of drug-likeness (QED) is 0.290. The highest BCUT2D eigenvalue weighted by molar-refractivity contribution is 5.86. The Morgan fingerprint density at radius 2 is 2.05 bits per heavy atom. The molecule has 0 N–H and O–H groups in total. The molecule has 0 amide bonds. The number of nitrogens with zero attached hydrogens (tertiary/aromatic N) is 5. The molecule has 0 saturated heterocycles. The molecule has 3 aromatic heterocycles. The number of pyridine rings is 1. The second-order valence-corrected chi connectivity index (χ2v) is 11.7. The summed E-state index contributed by atoms with van der Waals surface area (Å²) in [5, 5.41) is 4.21. The molecule has 3 atom stereocenters. The molecule has 39 heavy (non-hydrogen) atoms. The van der Waals surface area contributed by atoms with Gasteiger partial charge in [0.05, 0.1) is 28.5 Å². The average molecular weight is 518 g/mol. The summed E-state index contributed by atoms with van der Waals surface area (Å²) in [5.41, 5.74) is 4.82. The summed E-state index contributed by atoms with van der Waals surface area (Å²) in [6.07, 6.45) is 12.8. The van der Waals surface area contributed by atoms with E-state index in [1.807, 2.05) is 42.9 Å². The third-order valence-electron chi connectivity index (χ3n) is 9.65. The molecule has 4 aromatic rings. The Hall–Kier alpha value is -4.00. The van der Waals surface area contributed by atoms with E-state index in [1.165, 1.54) is 6.07 Å². The predicted octanol–water partition coefficient (Wildman–Crippen LogP) is 6.31. The first kappa shape index (κ1) is 22.9. The molecular weight excluding hydrogens is 489 g/mol. The number of benzene rings is 1. The summed E-state index contributed by atoms with van der Waals surface area (Å²) in [4.78, 5) is 20.1. The van der Waals surface area contributed by atoms with Crippen molar-refractivity contribution in [3.05, 3.63) is 95.5 Å². The largest absolute Gasteiger partial charge is 0.360 e. The van der Waals surface area contributed by atoms with Gasteiger partial charge in [0.15, 0.2) is 11.6 Å². The van der Waals surface area contributed by atoms with E-state index >= 15 is 4.39 Å². The van der Waals surface area contributed by atoms with Gasteiger partial charge in [-0.1, -0.05) is 30.3 Å². The summed E-state index contributed by atoms with van der Waals surface area (Å²) >= 11 is 0. The highest BCUT2D eigenvalue weighted by atomic mass is 19.1. The fraction of sp³-hybridized carbons (Fsp3) is 0.344. The van der Waals surface area contributed by atoms with Crippen molar-refractivity contribution in [1.82, 2.24) is 20.1 Å². The van der Waals surface area contributed by atoms with Crippen molar-refractivity contribution in [3.63, 3.8) is 0 Å². The highest BCUT2D eigenvalue weighted by Gasteiger charge is 2.72. The lowest BCUT2D eigenvalue weighted by molar-refractivity contribution is 0.0718. The lowest BCUT2D eigenvalue weighted by atomic mass is 9.43. The van der Waals surface area contributed by atoms with Crippen LogP contribution in [0.25, 0.3) is 22.6 Å². The molecule has 4 heterocycles. The first-order chi connectivity index (χ1) is 19.0. The van der Waals surface area contributed by atoms with Crippen molar-refractivity contribution in [3.8, 4) is 22.6 Å². The van der Waals surface area contributed by atoms with Gasteiger partial charge in [-0.3, -0.25) is 9.98 Å². The van der Waals surface area contributed by atoms with Crippen LogP contribution in [0, 0.1) is 5.82 Å². The maximum atomic E-state index is 15.3. The van der Waals surface area contributed by atoms with E-state index in [1.54, 1.807) is 6.07 Å². The van der Waals surface area contributed by atoms with Crippen LogP contribution >= 0.6 is 0 Å². The number of hydrogen-bond donors (Lipinski definition) is 0. The molecule has 1 fully saturated rings. The predicted molar refractivity (Wildman–Crippen MR) is 146 cm³/mol. The molecule has 0 unspecified atom stereocenters. The van der Waals surface area contributed by atoms with E-state index in [4.69, 9.17) is 19.5 Å². The zero-order chi connectivity index (χ0) is 26.4. The zero-order valence-corrected chi connectivity index (χ0v) is 21.8. The van der Waals surface area contributed by atoms with Crippen LogP contribution in [-0.4, -0.2) is 31.9 Å². The van der Waals surface area contributed by atoms with Crippen LogP contribution in [0.5, 0.6) is 0 Å². The topological polar surface area (TPSA) is 77.1 Å². The minimum Gasteiger partial charge on any atom is -0.360 e. The van der Waals surface area contributed by atoms with Gasteiger partial charge in [0, 0.05) is 51.7 Å². The number of aliphatic imine (C=N–C) groups is 1. The van der Waals surface area contributed by atoms with E-state index in [0.29, 0.717) is 42.3 Å². The molecule has 194 valence electrons. The van der Waals surface area contributed by atoms with Gasteiger partial charge in [-0.25, -0.2) is 14.4 Å². The normalized spacial score (nSPS) is 28.1. The molecule has 1 aliphatic heterocycles. The van der Waals surface area contributed by atoms with Gasteiger partial charge in [0.25, 0.3) is 0 Å². The molecule has 1 aromatic carbocycles. The Morgan fingerprint density at radius 3 is 2.82 bits per heavy atom. The molecule has 1 spiro atoms. The monoisotopic (exact) mass is 517 g/mol. The van der Waals surface area contributed by atoms with Crippen molar-refractivity contribution < 1.29 is 8.91 Å². The molecule has 8 rings (SSSR count). The molecule has 4 aliphatic rings. The van der Waals surface area contributed by atoms with Crippen molar-refractivity contribution in [2.75, 3.05) is 0 Å². The summed E-state index contributed by atoms with van der Waals surface area (Å²) in [7, 11) is 0. The van der Waals surface area contributed by atoms with E-state index in [0.717, 1.165) is 53.1 Å². The fourth-order valence-electron chi connectivity index (χ4n) is 7.60. The summed E-state index contributed by atoms with van der Waals surface area (Å²) in [6.45, 7) is 6.34. The average Bonchev–Trinajstić information content (AvgIpc) is 3.70. The standard InChI is InChI=1S/C32H28FN5O/c1-3-12-31-18-35-32(31)13-10-23-26(22-6-4-5-7-24(22)33)37-29(20-11-14-34-25(15-20)19-8-9-19)38-27(23)30(32,2)16-21-17-36-39-28(21)31/h3-7,11,14-15,17-19H,1,8-10,12-13,16H2,2H3/t30-,31+,32+/m0/s1. The number of rotatable bonds is 5. The molecule has 6 nitrogen and oxygen atoms in total. The molecule has 1 saturated carbocycles. The van der Waals surface area contributed by atoms with E-state index in [9.17, 15) is 0 Å².